The maximum atomic E-state index is 12.6. The van der Waals surface area contributed by atoms with Gasteiger partial charge in [-0.05, 0) is 30.7 Å². The molecule has 2 amide bonds. The van der Waals surface area contributed by atoms with E-state index >= 15 is 0 Å². The van der Waals surface area contributed by atoms with Gasteiger partial charge in [0.1, 0.15) is 5.75 Å². The fraction of sp³-hybridized carbons (Fsp3) is 0.579. The summed E-state index contributed by atoms with van der Waals surface area (Å²) in [4.78, 5) is 28.2. The van der Waals surface area contributed by atoms with Gasteiger partial charge in [0.15, 0.2) is 0 Å². The van der Waals surface area contributed by atoms with Crippen LogP contribution in [0.4, 0.5) is 0 Å². The van der Waals surface area contributed by atoms with Crippen molar-refractivity contribution < 1.29 is 14.3 Å². The normalized spacial score (nSPS) is 14.8. The van der Waals surface area contributed by atoms with Gasteiger partial charge in [-0.15, -0.1) is 0 Å². The largest absolute Gasteiger partial charge is 0.494 e. The first-order chi connectivity index (χ1) is 11.5. The standard InChI is InChI=1S/C19H28N2O3/c1-4-5-14-24-17-8-6-16(7-9-17)19(23)21-12-10-20(11-13-21)18(22)15(2)3/h6-9,15H,4-5,10-14H2,1-3H3. The topological polar surface area (TPSA) is 49.9 Å². The van der Waals surface area contributed by atoms with Gasteiger partial charge in [0.05, 0.1) is 6.61 Å². The number of piperazine rings is 1. The number of carbonyl (C=O) groups excluding carboxylic acids is 2. The van der Waals surface area contributed by atoms with Gasteiger partial charge < -0.3 is 14.5 Å². The van der Waals surface area contributed by atoms with E-state index in [0.717, 1.165) is 18.6 Å². The van der Waals surface area contributed by atoms with Crippen LogP contribution in [-0.4, -0.2) is 54.4 Å². The second kappa shape index (κ2) is 8.71. The molecule has 5 heteroatoms. The molecule has 132 valence electrons. The predicted molar refractivity (Wildman–Crippen MR) is 94.2 cm³/mol. The summed E-state index contributed by atoms with van der Waals surface area (Å²) in [5, 5.41) is 0. The van der Waals surface area contributed by atoms with Crippen LogP contribution >= 0.6 is 0 Å². The Balaban J connectivity index is 1.87. The number of benzene rings is 1. The van der Waals surface area contributed by atoms with Crippen LogP contribution in [0.5, 0.6) is 5.75 Å². The van der Waals surface area contributed by atoms with Crippen molar-refractivity contribution in [3.8, 4) is 5.75 Å². The lowest BCUT2D eigenvalue weighted by Gasteiger charge is -2.35. The molecule has 0 atom stereocenters. The highest BCUT2D eigenvalue weighted by Gasteiger charge is 2.25. The van der Waals surface area contributed by atoms with Gasteiger partial charge in [0.2, 0.25) is 5.91 Å². The lowest BCUT2D eigenvalue weighted by Crippen LogP contribution is -2.51. The van der Waals surface area contributed by atoms with Crippen LogP contribution in [0.2, 0.25) is 0 Å². The molecule has 0 spiro atoms. The number of hydrogen-bond acceptors (Lipinski definition) is 3. The third-order valence-corrected chi connectivity index (χ3v) is 4.24. The summed E-state index contributed by atoms with van der Waals surface area (Å²) < 4.78 is 5.62. The van der Waals surface area contributed by atoms with Crippen LogP contribution in [0.3, 0.4) is 0 Å². The van der Waals surface area contributed by atoms with E-state index in [1.807, 2.05) is 47.9 Å². The quantitative estimate of drug-likeness (QED) is 0.753. The number of carbonyl (C=O) groups is 2. The predicted octanol–water partition coefficient (Wildman–Crippen LogP) is 2.81. The molecule has 1 fully saturated rings. The number of hydrogen-bond donors (Lipinski definition) is 0. The molecule has 0 aromatic heterocycles. The SMILES string of the molecule is CCCCOc1ccc(C(=O)N2CCN(C(=O)C(C)C)CC2)cc1. The first kappa shape index (κ1) is 18.3. The number of amides is 2. The van der Waals surface area contributed by atoms with Crippen molar-refractivity contribution in [2.24, 2.45) is 5.92 Å². The van der Waals surface area contributed by atoms with Crippen LogP contribution in [-0.2, 0) is 4.79 Å². The molecule has 1 saturated heterocycles. The third-order valence-electron chi connectivity index (χ3n) is 4.24. The van der Waals surface area contributed by atoms with Crippen LogP contribution in [0.25, 0.3) is 0 Å². The van der Waals surface area contributed by atoms with Crippen molar-refractivity contribution in [2.45, 2.75) is 33.6 Å². The average Bonchev–Trinajstić information content (AvgIpc) is 2.61. The third kappa shape index (κ3) is 4.73. The maximum absolute atomic E-state index is 12.6. The Hall–Kier alpha value is -2.04. The van der Waals surface area contributed by atoms with E-state index in [9.17, 15) is 9.59 Å². The fourth-order valence-electron chi connectivity index (χ4n) is 2.71. The smallest absolute Gasteiger partial charge is 0.253 e. The average molecular weight is 332 g/mol. The second-order valence-corrected chi connectivity index (χ2v) is 6.50. The summed E-state index contributed by atoms with van der Waals surface area (Å²) in [6.45, 7) is 9.04. The lowest BCUT2D eigenvalue weighted by atomic mass is 10.1. The van der Waals surface area contributed by atoms with E-state index in [-0.39, 0.29) is 17.7 Å². The molecule has 0 unspecified atom stereocenters. The molecule has 0 N–H and O–H groups in total. The Morgan fingerprint density at radius 3 is 2.17 bits per heavy atom. The summed E-state index contributed by atoms with van der Waals surface area (Å²) >= 11 is 0. The number of nitrogens with zero attached hydrogens (tertiary/aromatic N) is 2. The highest BCUT2D eigenvalue weighted by molar-refractivity contribution is 5.94. The minimum atomic E-state index is 0.00695. The van der Waals surface area contributed by atoms with Crippen LogP contribution in [0, 0.1) is 5.92 Å². The number of ether oxygens (including phenoxy) is 1. The Morgan fingerprint density at radius 1 is 1.04 bits per heavy atom. The van der Waals surface area contributed by atoms with Crippen molar-refractivity contribution in [2.75, 3.05) is 32.8 Å². The van der Waals surface area contributed by atoms with Crippen molar-refractivity contribution in [1.29, 1.82) is 0 Å². The Kier molecular flexibility index (Phi) is 6.64. The Morgan fingerprint density at radius 2 is 1.62 bits per heavy atom. The van der Waals surface area contributed by atoms with Crippen molar-refractivity contribution >= 4 is 11.8 Å². The molecule has 0 saturated carbocycles. The van der Waals surface area contributed by atoms with Gasteiger partial charge in [0, 0.05) is 37.7 Å². The molecule has 2 rings (SSSR count). The summed E-state index contributed by atoms with van der Waals surface area (Å²) in [7, 11) is 0. The Bertz CT molecular complexity index is 546. The van der Waals surface area contributed by atoms with E-state index in [1.165, 1.54) is 0 Å². The summed E-state index contributed by atoms with van der Waals surface area (Å²) in [5.41, 5.74) is 0.668. The van der Waals surface area contributed by atoms with Gasteiger partial charge in [-0.3, -0.25) is 9.59 Å². The zero-order chi connectivity index (χ0) is 17.5. The molecule has 0 radical (unpaired) electrons. The second-order valence-electron chi connectivity index (χ2n) is 6.50. The minimum Gasteiger partial charge on any atom is -0.494 e. The van der Waals surface area contributed by atoms with Gasteiger partial charge in [-0.2, -0.15) is 0 Å². The van der Waals surface area contributed by atoms with E-state index in [4.69, 9.17) is 4.74 Å². The molecule has 1 heterocycles. The van der Waals surface area contributed by atoms with Crippen LogP contribution < -0.4 is 4.74 Å². The Labute approximate surface area is 144 Å². The van der Waals surface area contributed by atoms with Crippen LogP contribution in [0.1, 0.15) is 44.0 Å². The molecule has 0 aliphatic carbocycles. The van der Waals surface area contributed by atoms with Gasteiger partial charge in [-0.1, -0.05) is 27.2 Å². The molecule has 5 nitrogen and oxygen atoms in total. The molecule has 24 heavy (non-hydrogen) atoms. The molecule has 1 aromatic carbocycles. The number of rotatable bonds is 6. The van der Waals surface area contributed by atoms with Crippen molar-refractivity contribution in [1.82, 2.24) is 9.80 Å². The van der Waals surface area contributed by atoms with Gasteiger partial charge in [0.25, 0.3) is 5.91 Å². The monoisotopic (exact) mass is 332 g/mol. The van der Waals surface area contributed by atoms with E-state index in [2.05, 4.69) is 6.92 Å². The summed E-state index contributed by atoms with van der Waals surface area (Å²) in [6, 6.07) is 7.33. The summed E-state index contributed by atoms with van der Waals surface area (Å²) in [6.07, 6.45) is 2.13. The zero-order valence-electron chi connectivity index (χ0n) is 15.0. The summed E-state index contributed by atoms with van der Waals surface area (Å²) in [5.74, 6) is 0.988. The fourth-order valence-corrected chi connectivity index (χ4v) is 2.71. The maximum Gasteiger partial charge on any atom is 0.253 e. The molecular formula is C19H28N2O3. The minimum absolute atomic E-state index is 0.00695. The van der Waals surface area contributed by atoms with Crippen LogP contribution in [0.15, 0.2) is 24.3 Å². The molecular weight excluding hydrogens is 304 g/mol. The van der Waals surface area contributed by atoms with Gasteiger partial charge in [-0.25, -0.2) is 0 Å². The van der Waals surface area contributed by atoms with E-state index in [1.54, 1.807) is 0 Å². The first-order valence-corrected chi connectivity index (χ1v) is 8.84. The zero-order valence-corrected chi connectivity index (χ0v) is 15.0. The van der Waals surface area contributed by atoms with Crippen molar-refractivity contribution in [3.05, 3.63) is 29.8 Å². The van der Waals surface area contributed by atoms with Gasteiger partial charge >= 0.3 is 0 Å². The number of unbranched alkanes of at least 4 members (excludes halogenated alkanes) is 1. The molecule has 1 aromatic rings. The highest BCUT2D eigenvalue weighted by atomic mass is 16.5. The molecule has 1 aliphatic heterocycles. The van der Waals surface area contributed by atoms with Crippen molar-refractivity contribution in [3.63, 3.8) is 0 Å². The molecule has 1 aliphatic rings. The van der Waals surface area contributed by atoms with E-state index in [0.29, 0.717) is 38.3 Å². The molecule has 0 bridgehead atoms. The highest BCUT2D eigenvalue weighted by Crippen LogP contribution is 2.16. The first-order valence-electron chi connectivity index (χ1n) is 8.84. The lowest BCUT2D eigenvalue weighted by molar-refractivity contribution is -0.135. The van der Waals surface area contributed by atoms with E-state index < -0.39 is 0 Å².